The van der Waals surface area contributed by atoms with Crippen molar-refractivity contribution in [2.45, 2.75) is 18.3 Å². The minimum atomic E-state index is -5.02. The van der Waals surface area contributed by atoms with E-state index in [0.717, 1.165) is 43.0 Å². The summed E-state index contributed by atoms with van der Waals surface area (Å²) in [4.78, 5) is 59.1. The molecular weight excluding hydrogens is 921 g/mol. The second kappa shape index (κ2) is 17.0. The van der Waals surface area contributed by atoms with E-state index in [1.165, 1.54) is 34.1 Å². The maximum absolute atomic E-state index is 14.0. The van der Waals surface area contributed by atoms with Gasteiger partial charge in [-0.05, 0) is 45.5 Å². The Hall–Kier alpha value is -7.18. The summed E-state index contributed by atoms with van der Waals surface area (Å²) < 4.78 is 93.4. The molecule has 20 heteroatoms. The SMILES string of the molecule is COC(=O)c1c(C(F)(F)F)[nH]c2c(O)cc3c(c12)/C(=C/Cl)CN3C(=O)/C=C/c1ccc(-c2ccc(/C=C/C(=O)N3C[C@@H](CCl)c4c3cc(O)c3[nH]c(C(F)(F)F)c(C(=O)OC)c43)cc2)cc1. The van der Waals surface area contributed by atoms with Crippen molar-refractivity contribution >= 4 is 97.9 Å². The van der Waals surface area contributed by atoms with Gasteiger partial charge < -0.3 is 39.5 Å². The number of phenolic OH excluding ortho intramolecular Hbond substituents is 2. The molecule has 4 heterocycles. The summed E-state index contributed by atoms with van der Waals surface area (Å²) in [6.45, 7) is -0.219. The minimum absolute atomic E-state index is 0.0267. The van der Waals surface area contributed by atoms with Gasteiger partial charge in [0.2, 0.25) is 0 Å². The molecule has 66 heavy (non-hydrogen) atoms. The fraction of sp³-hybridized carbons (Fsp3) is 0.174. The van der Waals surface area contributed by atoms with E-state index in [1.807, 2.05) is 0 Å². The first kappa shape index (κ1) is 45.4. The number of methoxy groups -OCH3 is 2. The summed E-state index contributed by atoms with van der Waals surface area (Å²) in [5, 5.41) is 21.1. The summed E-state index contributed by atoms with van der Waals surface area (Å²) in [5.74, 6) is -5.81. The van der Waals surface area contributed by atoms with Crippen LogP contribution in [0.3, 0.4) is 0 Å². The van der Waals surface area contributed by atoms with E-state index in [-0.39, 0.29) is 68.9 Å². The quantitative estimate of drug-likeness (QED) is 0.0507. The van der Waals surface area contributed by atoms with Crippen molar-refractivity contribution in [2.24, 2.45) is 0 Å². The molecule has 340 valence electrons. The van der Waals surface area contributed by atoms with E-state index in [2.05, 4.69) is 19.4 Å². The maximum Gasteiger partial charge on any atom is 0.432 e. The van der Waals surface area contributed by atoms with Crippen LogP contribution in [0, 0.1) is 0 Å². The topological polar surface area (TPSA) is 165 Å². The molecule has 0 fully saturated rings. The molecule has 0 aliphatic carbocycles. The lowest BCUT2D eigenvalue weighted by Gasteiger charge is -2.16. The van der Waals surface area contributed by atoms with E-state index in [4.69, 9.17) is 23.2 Å². The van der Waals surface area contributed by atoms with E-state index in [0.29, 0.717) is 11.1 Å². The van der Waals surface area contributed by atoms with Gasteiger partial charge in [-0.1, -0.05) is 60.1 Å². The largest absolute Gasteiger partial charge is 0.506 e. The van der Waals surface area contributed by atoms with Crippen LogP contribution in [-0.4, -0.2) is 77.1 Å². The number of esters is 2. The van der Waals surface area contributed by atoms with Crippen molar-refractivity contribution < 1.29 is 65.2 Å². The third kappa shape index (κ3) is 7.78. The molecule has 0 unspecified atom stereocenters. The number of alkyl halides is 7. The molecule has 0 spiro atoms. The van der Waals surface area contributed by atoms with Gasteiger partial charge in [0, 0.05) is 64.5 Å². The molecule has 4 N–H and O–H groups in total. The Morgan fingerprint density at radius 3 is 1.64 bits per heavy atom. The number of aromatic amines is 2. The first-order valence-corrected chi connectivity index (χ1v) is 20.5. The Morgan fingerprint density at radius 2 is 1.18 bits per heavy atom. The third-order valence-electron chi connectivity index (χ3n) is 11.3. The fourth-order valence-electron chi connectivity index (χ4n) is 8.38. The van der Waals surface area contributed by atoms with Crippen LogP contribution in [0.25, 0.3) is 50.7 Å². The number of H-pyrrole nitrogens is 2. The number of nitrogens with zero attached hydrogens (tertiary/aromatic N) is 2. The van der Waals surface area contributed by atoms with Crippen LogP contribution in [0.1, 0.15) is 60.3 Å². The number of ether oxygens (including phenoxy) is 2. The molecule has 0 saturated heterocycles. The number of carbonyl (C=O) groups is 4. The average Bonchev–Trinajstić information content (AvgIpc) is 4.08. The van der Waals surface area contributed by atoms with Gasteiger partial charge >= 0.3 is 24.3 Å². The van der Waals surface area contributed by atoms with Crippen molar-refractivity contribution in [3.8, 4) is 22.6 Å². The van der Waals surface area contributed by atoms with Crippen LogP contribution >= 0.6 is 23.2 Å². The monoisotopic (exact) mass is 952 g/mol. The number of aromatic nitrogens is 2. The highest BCUT2D eigenvalue weighted by Gasteiger charge is 2.44. The van der Waals surface area contributed by atoms with Gasteiger partial charge in [0.15, 0.2) is 0 Å². The van der Waals surface area contributed by atoms with Crippen LogP contribution in [0.5, 0.6) is 11.5 Å². The zero-order valence-corrected chi connectivity index (χ0v) is 35.6. The highest BCUT2D eigenvalue weighted by Crippen LogP contribution is 2.51. The van der Waals surface area contributed by atoms with E-state index < -0.39 is 76.0 Å². The summed E-state index contributed by atoms with van der Waals surface area (Å²) in [7, 11) is 1.85. The van der Waals surface area contributed by atoms with Gasteiger partial charge in [0.05, 0.1) is 54.3 Å². The predicted octanol–water partition coefficient (Wildman–Crippen LogP) is 10.4. The number of aromatic hydroxyl groups is 2. The zero-order chi connectivity index (χ0) is 47.6. The number of halogens is 8. The number of carbonyl (C=O) groups excluding carboxylic acids is 4. The molecule has 2 amide bonds. The lowest BCUT2D eigenvalue weighted by molar-refractivity contribution is -0.141. The number of anilines is 2. The van der Waals surface area contributed by atoms with Gasteiger partial charge in [-0.25, -0.2) is 9.59 Å². The number of nitrogens with one attached hydrogen (secondary N) is 2. The van der Waals surface area contributed by atoms with Crippen molar-refractivity contribution in [1.82, 2.24) is 9.97 Å². The number of fused-ring (bicyclic) bond motifs is 6. The predicted molar refractivity (Wildman–Crippen MR) is 235 cm³/mol. The number of hydrogen-bond donors (Lipinski definition) is 4. The highest BCUT2D eigenvalue weighted by molar-refractivity contribution is 6.31. The molecule has 6 aromatic rings. The maximum atomic E-state index is 14.0. The molecule has 1 atom stereocenters. The zero-order valence-electron chi connectivity index (χ0n) is 34.1. The number of benzene rings is 4. The molecule has 2 aliphatic rings. The fourth-order valence-corrected chi connectivity index (χ4v) is 8.81. The molecule has 12 nitrogen and oxygen atoms in total. The Morgan fingerprint density at radius 1 is 0.727 bits per heavy atom. The van der Waals surface area contributed by atoms with Gasteiger partial charge in [-0.3, -0.25) is 9.59 Å². The standard InChI is InChI=1S/C46H32Cl2F6N4O8/c1-65-43(63)37-35-33-25(17-47)19-57(27(33)15-29(59)39(35)55-41(37)45(49,50)51)31(61)13-7-21-3-9-23(10-4-21)24-11-5-22(6-12-24)8-14-32(62)58-20-26(18-48)34-28(58)16-30(60)40-36(34)38(44(64)66-2)42(56-40)46(52,53)54/h3-17,26,55-56,59-60H,18-20H2,1-2H3/b13-7+,14-8+,25-17+/t26-/m1/s1. The Bertz CT molecular complexity index is 3100. The molecule has 0 radical (unpaired) electrons. The summed E-state index contributed by atoms with van der Waals surface area (Å²) in [6.07, 6.45) is -4.47. The number of hydrogen-bond acceptors (Lipinski definition) is 8. The molecule has 8 rings (SSSR count). The second-order valence-electron chi connectivity index (χ2n) is 15.1. The van der Waals surface area contributed by atoms with Gasteiger partial charge in [-0.2, -0.15) is 26.3 Å². The van der Waals surface area contributed by atoms with E-state index in [1.54, 1.807) is 48.5 Å². The number of phenols is 2. The third-order valence-corrected chi connectivity index (χ3v) is 12.0. The minimum Gasteiger partial charge on any atom is -0.506 e. The molecule has 0 saturated carbocycles. The van der Waals surface area contributed by atoms with Crippen molar-refractivity contribution in [3.05, 3.63) is 123 Å². The van der Waals surface area contributed by atoms with Crippen LogP contribution in [0.4, 0.5) is 37.7 Å². The second-order valence-corrected chi connectivity index (χ2v) is 15.6. The molecular formula is C46H32Cl2F6N4O8. The van der Waals surface area contributed by atoms with Crippen molar-refractivity contribution in [2.75, 3.05) is 43.0 Å². The van der Waals surface area contributed by atoms with Crippen LogP contribution in [0.2, 0.25) is 0 Å². The van der Waals surface area contributed by atoms with E-state index >= 15 is 0 Å². The van der Waals surface area contributed by atoms with E-state index in [9.17, 15) is 55.7 Å². The molecule has 2 aromatic heterocycles. The number of rotatable bonds is 8. The van der Waals surface area contributed by atoms with Gasteiger partial charge in [0.1, 0.15) is 22.9 Å². The number of amides is 2. The molecule has 2 aliphatic heterocycles. The lowest BCUT2D eigenvalue weighted by Crippen LogP contribution is -2.28. The smallest absolute Gasteiger partial charge is 0.432 e. The van der Waals surface area contributed by atoms with Crippen LogP contribution in [0.15, 0.2) is 78.4 Å². The van der Waals surface area contributed by atoms with Crippen molar-refractivity contribution in [1.29, 1.82) is 0 Å². The normalized spacial score (nSPS) is 15.7. The Labute approximate surface area is 378 Å². The molecule has 4 aromatic carbocycles. The first-order valence-electron chi connectivity index (χ1n) is 19.5. The van der Waals surface area contributed by atoms with Crippen LogP contribution < -0.4 is 9.80 Å². The average molecular weight is 954 g/mol. The van der Waals surface area contributed by atoms with Crippen LogP contribution in [-0.2, 0) is 31.4 Å². The van der Waals surface area contributed by atoms with Gasteiger partial charge in [0.25, 0.3) is 11.8 Å². The summed E-state index contributed by atoms with van der Waals surface area (Å²) >= 11 is 12.3. The molecule has 0 bridgehead atoms. The summed E-state index contributed by atoms with van der Waals surface area (Å²) in [5.41, 5.74) is -0.782. The highest BCUT2D eigenvalue weighted by atomic mass is 35.5. The lowest BCUT2D eigenvalue weighted by atomic mass is 9.95. The van der Waals surface area contributed by atoms with Crippen molar-refractivity contribution in [3.63, 3.8) is 0 Å². The van der Waals surface area contributed by atoms with Gasteiger partial charge in [-0.15, -0.1) is 11.6 Å². The Kier molecular flexibility index (Phi) is 11.7. The Balaban J connectivity index is 0.984. The summed E-state index contributed by atoms with van der Waals surface area (Å²) in [6, 6.07) is 16.4. The first-order chi connectivity index (χ1) is 31.3.